The monoisotopic (exact) mass is 347 g/mol. The van der Waals surface area contributed by atoms with Crippen LogP contribution in [0.3, 0.4) is 0 Å². The highest BCUT2D eigenvalue weighted by atomic mass is 31.2. The first-order valence-corrected chi connectivity index (χ1v) is 9.78. The summed E-state index contributed by atoms with van der Waals surface area (Å²) >= 11 is 0. The topological polar surface area (TPSA) is 49.8 Å². The van der Waals surface area contributed by atoms with Gasteiger partial charge in [0, 0.05) is 25.1 Å². The summed E-state index contributed by atoms with van der Waals surface area (Å²) in [6, 6.07) is 16.9. The van der Waals surface area contributed by atoms with E-state index < -0.39 is 13.2 Å². The van der Waals surface area contributed by atoms with E-state index in [-0.39, 0.29) is 12.5 Å². The van der Waals surface area contributed by atoms with Crippen molar-refractivity contribution in [2.75, 3.05) is 19.0 Å². The lowest BCUT2D eigenvalue weighted by molar-refractivity contribution is 0.169. The molecule has 2 rings (SSSR count). The Kier molecular flexibility index (Phi) is 6.22. The largest absolute Gasteiger partial charge is 0.382 e. The van der Waals surface area contributed by atoms with Crippen LogP contribution >= 0.6 is 7.37 Å². The molecule has 2 atom stereocenters. The maximum absolute atomic E-state index is 13.5. The van der Waals surface area contributed by atoms with E-state index in [1.54, 1.807) is 12.1 Å². The van der Waals surface area contributed by atoms with Crippen LogP contribution in [-0.4, -0.2) is 25.0 Å². The van der Waals surface area contributed by atoms with Crippen LogP contribution in [0.2, 0.25) is 0 Å². The Hall–Kier alpha value is -1.61. The van der Waals surface area contributed by atoms with E-state index >= 15 is 0 Å². The Labute approximate surface area is 144 Å². The molecule has 0 aromatic heterocycles. The quantitative estimate of drug-likeness (QED) is 0.773. The zero-order chi connectivity index (χ0) is 17.7. The van der Waals surface area contributed by atoms with Crippen molar-refractivity contribution < 1.29 is 14.2 Å². The molecule has 0 aliphatic heterocycles. The number of anilines is 1. The number of aliphatic hydroxyl groups is 1. The number of hydrogen-bond acceptors (Lipinski definition) is 4. The lowest BCUT2D eigenvalue weighted by atomic mass is 10.2. The van der Waals surface area contributed by atoms with Crippen molar-refractivity contribution in [2.45, 2.75) is 26.3 Å². The predicted molar refractivity (Wildman–Crippen MR) is 100 cm³/mol. The minimum Gasteiger partial charge on any atom is -0.382 e. The van der Waals surface area contributed by atoms with Gasteiger partial charge in [-0.05, 0) is 35.7 Å². The van der Waals surface area contributed by atoms with Crippen molar-refractivity contribution in [1.82, 2.24) is 0 Å². The molecule has 0 unspecified atom stereocenters. The predicted octanol–water partition coefficient (Wildman–Crippen LogP) is 3.85. The Morgan fingerprint density at radius 1 is 1.04 bits per heavy atom. The van der Waals surface area contributed by atoms with Crippen molar-refractivity contribution in [2.24, 2.45) is 5.92 Å². The van der Waals surface area contributed by atoms with Crippen LogP contribution in [0.5, 0.6) is 0 Å². The molecule has 0 fully saturated rings. The highest BCUT2D eigenvalue weighted by molar-refractivity contribution is 7.67. The van der Waals surface area contributed by atoms with E-state index in [0.717, 1.165) is 11.3 Å². The molecule has 0 spiro atoms. The summed E-state index contributed by atoms with van der Waals surface area (Å²) in [6.45, 7) is 3.89. The van der Waals surface area contributed by atoms with Gasteiger partial charge in [-0.3, -0.25) is 4.57 Å². The van der Waals surface area contributed by atoms with Gasteiger partial charge in [0.15, 0.2) is 0 Å². The second-order valence-corrected chi connectivity index (χ2v) is 8.92. The maximum Gasteiger partial charge on any atom is 0.260 e. The summed E-state index contributed by atoms with van der Waals surface area (Å²) in [5.41, 5.74) is 1.94. The molecular weight excluding hydrogens is 321 g/mol. The first kappa shape index (κ1) is 18.7. The molecule has 0 aliphatic carbocycles. The maximum atomic E-state index is 13.5. The van der Waals surface area contributed by atoms with E-state index in [1.807, 2.05) is 75.3 Å². The molecule has 0 radical (unpaired) electrons. The second-order valence-electron chi connectivity index (χ2n) is 6.42. The smallest absolute Gasteiger partial charge is 0.260 e. The normalized spacial score (nSPS) is 15.1. The van der Waals surface area contributed by atoms with Crippen LogP contribution in [0.25, 0.3) is 0 Å². The number of hydrogen-bond donors (Lipinski definition) is 1. The van der Waals surface area contributed by atoms with Crippen LogP contribution in [-0.2, 0) is 15.7 Å². The SMILES string of the molecule is CC(C)[C@@H](O)[P@](=O)(OCc1ccccc1)c1ccc(N(C)C)cc1. The minimum atomic E-state index is -3.40. The molecule has 130 valence electrons. The van der Waals surface area contributed by atoms with Crippen molar-refractivity contribution in [3.63, 3.8) is 0 Å². The summed E-state index contributed by atoms with van der Waals surface area (Å²) in [5, 5.41) is 11.1. The molecule has 0 saturated heterocycles. The number of benzene rings is 2. The molecule has 4 nitrogen and oxygen atoms in total. The van der Waals surface area contributed by atoms with Gasteiger partial charge in [0.05, 0.1) is 6.61 Å². The highest BCUT2D eigenvalue weighted by Gasteiger charge is 2.37. The fraction of sp³-hybridized carbons (Fsp3) is 0.368. The molecular formula is C19H26NO3P. The van der Waals surface area contributed by atoms with Crippen molar-refractivity contribution >= 4 is 18.4 Å². The second kappa shape index (κ2) is 7.98. The Morgan fingerprint density at radius 2 is 1.62 bits per heavy atom. The Morgan fingerprint density at radius 3 is 2.12 bits per heavy atom. The lowest BCUT2D eigenvalue weighted by Gasteiger charge is -2.27. The summed E-state index contributed by atoms with van der Waals surface area (Å²) in [5.74, 6) is -1.20. The molecule has 1 N–H and O–H groups in total. The van der Waals surface area contributed by atoms with E-state index in [4.69, 9.17) is 4.52 Å². The fourth-order valence-electron chi connectivity index (χ4n) is 2.40. The van der Waals surface area contributed by atoms with Gasteiger partial charge in [-0.15, -0.1) is 0 Å². The summed E-state index contributed by atoms with van der Waals surface area (Å²) < 4.78 is 19.3. The molecule has 2 aromatic rings. The third kappa shape index (κ3) is 4.27. The third-order valence-corrected chi connectivity index (χ3v) is 6.76. The number of nitrogens with zero attached hydrogens (tertiary/aromatic N) is 1. The highest BCUT2D eigenvalue weighted by Crippen LogP contribution is 2.53. The summed E-state index contributed by atoms with van der Waals surface area (Å²) in [7, 11) is 0.498. The van der Waals surface area contributed by atoms with Gasteiger partial charge in [-0.2, -0.15) is 0 Å². The summed E-state index contributed by atoms with van der Waals surface area (Å²) in [6.07, 6.45) is 0. The molecule has 0 heterocycles. The average molecular weight is 347 g/mol. The average Bonchev–Trinajstić information content (AvgIpc) is 2.60. The molecule has 0 saturated carbocycles. The Balaban J connectivity index is 2.30. The molecule has 24 heavy (non-hydrogen) atoms. The van der Waals surface area contributed by atoms with Crippen LogP contribution in [0.1, 0.15) is 19.4 Å². The molecule has 0 bridgehead atoms. The lowest BCUT2D eigenvalue weighted by Crippen LogP contribution is -2.24. The van der Waals surface area contributed by atoms with Crippen molar-refractivity contribution in [3.8, 4) is 0 Å². The molecule has 5 heteroatoms. The van der Waals surface area contributed by atoms with Gasteiger partial charge in [-0.25, -0.2) is 0 Å². The standard InChI is InChI=1S/C19H26NO3P/c1-15(2)19(21)24(22,23-14-16-8-6-5-7-9-16)18-12-10-17(11-13-18)20(3)4/h5-13,15,19,21H,14H2,1-4H3/t19-,24+/m0/s1. The zero-order valence-electron chi connectivity index (χ0n) is 14.7. The minimum absolute atomic E-state index is 0.167. The van der Waals surface area contributed by atoms with Crippen LogP contribution < -0.4 is 10.2 Å². The van der Waals surface area contributed by atoms with Gasteiger partial charge in [0.2, 0.25) is 0 Å². The Bertz CT molecular complexity index is 684. The van der Waals surface area contributed by atoms with Gasteiger partial charge < -0.3 is 14.5 Å². The molecule has 2 aromatic carbocycles. The van der Waals surface area contributed by atoms with Gasteiger partial charge >= 0.3 is 0 Å². The van der Waals surface area contributed by atoms with Crippen LogP contribution in [0.15, 0.2) is 54.6 Å². The fourth-order valence-corrected chi connectivity index (χ4v) is 4.70. The molecule has 0 amide bonds. The van der Waals surface area contributed by atoms with E-state index in [9.17, 15) is 9.67 Å². The van der Waals surface area contributed by atoms with Crippen LogP contribution in [0, 0.1) is 5.92 Å². The molecule has 0 aliphatic rings. The number of aliphatic hydroxyl groups excluding tert-OH is 1. The van der Waals surface area contributed by atoms with Gasteiger partial charge in [-0.1, -0.05) is 44.2 Å². The first-order chi connectivity index (χ1) is 11.3. The summed E-state index contributed by atoms with van der Waals surface area (Å²) in [4.78, 5) is 1.97. The van der Waals surface area contributed by atoms with E-state index in [2.05, 4.69) is 0 Å². The van der Waals surface area contributed by atoms with Crippen molar-refractivity contribution in [3.05, 3.63) is 60.2 Å². The number of rotatable bonds is 7. The van der Waals surface area contributed by atoms with Crippen LogP contribution in [0.4, 0.5) is 5.69 Å². The van der Waals surface area contributed by atoms with E-state index in [1.165, 1.54) is 0 Å². The zero-order valence-corrected chi connectivity index (χ0v) is 15.6. The van der Waals surface area contributed by atoms with Gasteiger partial charge in [0.25, 0.3) is 7.37 Å². The third-order valence-electron chi connectivity index (χ3n) is 3.94. The van der Waals surface area contributed by atoms with Gasteiger partial charge in [0.1, 0.15) is 5.85 Å². The first-order valence-electron chi connectivity index (χ1n) is 8.09. The van der Waals surface area contributed by atoms with E-state index in [0.29, 0.717) is 5.30 Å². The van der Waals surface area contributed by atoms with Crippen molar-refractivity contribution in [1.29, 1.82) is 0 Å².